The first-order valence-corrected chi connectivity index (χ1v) is 9.95. The number of fused-ring (bicyclic) bond motifs is 1. The summed E-state index contributed by atoms with van der Waals surface area (Å²) in [7, 11) is 1.53. The fourth-order valence-electron chi connectivity index (χ4n) is 3.66. The van der Waals surface area contributed by atoms with Gasteiger partial charge in [-0.25, -0.2) is 15.0 Å². The molecule has 4 heterocycles. The largest absolute Gasteiger partial charge is 0.388 e. The summed E-state index contributed by atoms with van der Waals surface area (Å²) < 4.78 is 14.0. The summed E-state index contributed by atoms with van der Waals surface area (Å²) in [5.74, 6) is 0.484. The van der Waals surface area contributed by atoms with Crippen LogP contribution in [0.2, 0.25) is 0 Å². The lowest BCUT2D eigenvalue weighted by Crippen LogP contribution is -2.33. The third kappa shape index (κ3) is 4.13. The molecular formula is C18H26N10O4. The summed E-state index contributed by atoms with van der Waals surface area (Å²) in [5, 5.41) is 32.0. The molecule has 0 amide bonds. The Kier molecular flexibility index (Phi) is 6.29. The van der Waals surface area contributed by atoms with Crippen LogP contribution in [0.1, 0.15) is 18.2 Å². The number of methoxy groups -OCH3 is 1. The van der Waals surface area contributed by atoms with Crippen LogP contribution < -0.4 is 22.4 Å². The van der Waals surface area contributed by atoms with E-state index in [9.17, 15) is 10.2 Å². The van der Waals surface area contributed by atoms with Crippen LogP contribution in [-0.4, -0.2) is 71.2 Å². The Morgan fingerprint density at radius 1 is 1.22 bits per heavy atom. The Morgan fingerprint density at radius 2 is 2.03 bits per heavy atom. The molecule has 8 N–H and O–H groups in total. The van der Waals surface area contributed by atoms with Gasteiger partial charge in [-0.2, -0.15) is 4.98 Å². The molecule has 0 spiro atoms. The number of ether oxygens (including phenoxy) is 2. The normalized spacial score (nSPS) is 23.2. The number of aliphatic hydroxyl groups is 2. The van der Waals surface area contributed by atoms with Crippen LogP contribution in [-0.2, 0) is 22.7 Å². The molecule has 14 nitrogen and oxygen atoms in total. The minimum atomic E-state index is -1.16. The standard InChI is InChI=1S/C18H26N10O4/c1-31-8-27-5-9(14(19)26-18(27)21)4-22-3-2-10-12(29)13(30)17(32-10)28-7-25-11-15(20)23-6-24-16(11)28/h5-7,10,12-13,17,22,29-30H,2-4,8H2,1H3,(H3,19,21,26)(H2,20,23,24). The molecule has 0 aromatic carbocycles. The Bertz CT molecular complexity index is 1150. The van der Waals surface area contributed by atoms with Gasteiger partial charge in [-0.05, 0) is 13.0 Å². The summed E-state index contributed by atoms with van der Waals surface area (Å²) in [6.07, 6.45) is 1.19. The van der Waals surface area contributed by atoms with Crippen molar-refractivity contribution in [2.24, 2.45) is 0 Å². The van der Waals surface area contributed by atoms with Gasteiger partial charge in [0.2, 0.25) is 5.62 Å². The third-order valence-corrected chi connectivity index (χ3v) is 5.33. The maximum Gasteiger partial charge on any atom is 0.225 e. The molecule has 0 radical (unpaired) electrons. The number of nitrogens with zero attached hydrogens (tertiary/aromatic N) is 6. The van der Waals surface area contributed by atoms with Crippen LogP contribution in [0.3, 0.4) is 0 Å². The molecule has 0 aliphatic carbocycles. The van der Waals surface area contributed by atoms with Gasteiger partial charge >= 0.3 is 0 Å². The average molecular weight is 446 g/mol. The molecule has 3 aromatic rings. The fourth-order valence-corrected chi connectivity index (χ4v) is 3.66. The first kappa shape index (κ1) is 22.0. The second-order valence-electron chi connectivity index (χ2n) is 7.46. The zero-order valence-electron chi connectivity index (χ0n) is 17.4. The fraction of sp³-hybridized carbons (Fsp3) is 0.500. The minimum absolute atomic E-state index is 0.00894. The van der Waals surface area contributed by atoms with Crippen LogP contribution in [0, 0.1) is 5.41 Å². The highest BCUT2D eigenvalue weighted by molar-refractivity contribution is 5.81. The van der Waals surface area contributed by atoms with Gasteiger partial charge in [-0.1, -0.05) is 0 Å². The number of rotatable bonds is 8. The Labute approximate surface area is 182 Å². The highest BCUT2D eigenvalue weighted by Gasteiger charge is 2.43. The lowest BCUT2D eigenvalue weighted by Gasteiger charge is -2.16. The summed E-state index contributed by atoms with van der Waals surface area (Å²) in [4.78, 5) is 16.2. The number of hydrogen-bond donors (Lipinski definition) is 6. The van der Waals surface area contributed by atoms with Gasteiger partial charge in [0.15, 0.2) is 17.7 Å². The third-order valence-electron chi connectivity index (χ3n) is 5.33. The number of aliphatic hydroxyl groups excluding tert-OH is 2. The summed E-state index contributed by atoms with van der Waals surface area (Å²) in [5.41, 5.74) is 13.3. The topological polar surface area (TPSA) is 208 Å². The van der Waals surface area contributed by atoms with Gasteiger partial charge in [0.05, 0.1) is 12.4 Å². The number of nitrogens with two attached hydrogens (primary N) is 2. The molecular weight excluding hydrogens is 420 g/mol. The molecule has 1 fully saturated rings. The van der Waals surface area contributed by atoms with E-state index in [1.54, 1.807) is 6.20 Å². The molecule has 1 aliphatic rings. The van der Waals surface area contributed by atoms with Gasteiger partial charge in [-0.15, -0.1) is 0 Å². The maximum absolute atomic E-state index is 10.5. The van der Waals surface area contributed by atoms with Gasteiger partial charge in [-0.3, -0.25) is 14.5 Å². The Morgan fingerprint density at radius 3 is 2.81 bits per heavy atom. The predicted molar refractivity (Wildman–Crippen MR) is 111 cm³/mol. The van der Waals surface area contributed by atoms with E-state index in [2.05, 4.69) is 25.3 Å². The highest BCUT2D eigenvalue weighted by Crippen LogP contribution is 2.33. The van der Waals surface area contributed by atoms with E-state index < -0.39 is 24.5 Å². The van der Waals surface area contributed by atoms with Gasteiger partial charge in [0.25, 0.3) is 0 Å². The first-order valence-electron chi connectivity index (χ1n) is 9.95. The number of imidazole rings is 1. The molecule has 0 bridgehead atoms. The lowest BCUT2D eigenvalue weighted by molar-refractivity contribution is -0.0367. The second kappa shape index (κ2) is 9.13. The first-order chi connectivity index (χ1) is 15.4. The molecule has 1 aliphatic heterocycles. The zero-order chi connectivity index (χ0) is 22.8. The minimum Gasteiger partial charge on any atom is -0.388 e. The highest BCUT2D eigenvalue weighted by atomic mass is 16.6. The molecule has 172 valence electrons. The van der Waals surface area contributed by atoms with Crippen LogP contribution >= 0.6 is 0 Å². The number of anilines is 2. The molecule has 14 heteroatoms. The van der Waals surface area contributed by atoms with E-state index in [-0.39, 0.29) is 24.0 Å². The number of nitrogens with one attached hydrogen (secondary N) is 2. The van der Waals surface area contributed by atoms with Crippen molar-refractivity contribution in [2.75, 3.05) is 25.1 Å². The summed E-state index contributed by atoms with van der Waals surface area (Å²) >= 11 is 0. The van der Waals surface area contributed by atoms with Gasteiger partial charge < -0.3 is 36.5 Å². The van der Waals surface area contributed by atoms with Crippen LogP contribution in [0.25, 0.3) is 11.2 Å². The van der Waals surface area contributed by atoms with Crippen molar-refractivity contribution >= 4 is 22.8 Å². The van der Waals surface area contributed by atoms with Crippen molar-refractivity contribution in [3.63, 3.8) is 0 Å². The van der Waals surface area contributed by atoms with Crippen molar-refractivity contribution in [2.45, 2.75) is 44.2 Å². The van der Waals surface area contributed by atoms with E-state index in [1.807, 2.05) is 0 Å². The number of hydrogen-bond acceptors (Lipinski definition) is 12. The quantitative estimate of drug-likeness (QED) is 0.210. The zero-order valence-corrected chi connectivity index (χ0v) is 17.4. The van der Waals surface area contributed by atoms with Gasteiger partial charge in [0.1, 0.15) is 36.6 Å². The monoisotopic (exact) mass is 446 g/mol. The van der Waals surface area contributed by atoms with Crippen molar-refractivity contribution in [3.05, 3.63) is 30.0 Å². The van der Waals surface area contributed by atoms with E-state index >= 15 is 0 Å². The summed E-state index contributed by atoms with van der Waals surface area (Å²) in [6, 6.07) is 0. The molecule has 4 unspecified atom stereocenters. The van der Waals surface area contributed by atoms with Crippen molar-refractivity contribution in [1.29, 1.82) is 5.41 Å². The van der Waals surface area contributed by atoms with Crippen molar-refractivity contribution in [1.82, 2.24) is 34.4 Å². The molecule has 4 atom stereocenters. The number of nitrogen functional groups attached to an aromatic ring is 2. The smallest absolute Gasteiger partial charge is 0.225 e. The average Bonchev–Trinajstić information content (AvgIpc) is 3.31. The molecule has 3 aromatic heterocycles. The second-order valence-corrected chi connectivity index (χ2v) is 7.46. The van der Waals surface area contributed by atoms with Crippen LogP contribution in [0.5, 0.6) is 0 Å². The molecule has 32 heavy (non-hydrogen) atoms. The van der Waals surface area contributed by atoms with Gasteiger partial charge in [0, 0.05) is 25.4 Å². The van der Waals surface area contributed by atoms with Crippen LogP contribution in [0.15, 0.2) is 18.9 Å². The number of aromatic nitrogens is 6. The SMILES string of the molecule is COCn1cc(CNCCC2OC(n3cnc4c(N)ncnc43)C(O)C2O)c(N)nc1=N. The molecule has 1 saturated heterocycles. The molecule has 4 rings (SSSR count). The Hall–Kier alpha value is -3.17. The van der Waals surface area contributed by atoms with E-state index in [0.717, 1.165) is 0 Å². The van der Waals surface area contributed by atoms with Crippen LogP contribution in [0.4, 0.5) is 11.6 Å². The van der Waals surface area contributed by atoms with E-state index in [0.29, 0.717) is 36.2 Å². The molecule has 0 saturated carbocycles. The van der Waals surface area contributed by atoms with Crippen molar-refractivity contribution < 1.29 is 19.7 Å². The summed E-state index contributed by atoms with van der Waals surface area (Å²) in [6.45, 7) is 1.08. The maximum atomic E-state index is 10.5. The van der Waals surface area contributed by atoms with E-state index in [1.165, 1.54) is 28.9 Å². The van der Waals surface area contributed by atoms with E-state index in [4.69, 9.17) is 26.4 Å². The lowest BCUT2D eigenvalue weighted by atomic mass is 10.1. The Balaban J connectivity index is 1.37. The van der Waals surface area contributed by atoms with Crippen molar-refractivity contribution in [3.8, 4) is 0 Å². The predicted octanol–water partition coefficient (Wildman–Crippen LogP) is -1.93.